The number of anilines is 1. The van der Waals surface area contributed by atoms with E-state index in [-0.39, 0.29) is 24.3 Å². The highest BCUT2D eigenvalue weighted by Gasteiger charge is 2.18. The molecule has 0 fully saturated rings. The molecule has 0 bridgehead atoms. The number of aryl methyl sites for hydroxylation is 1. The first-order valence-corrected chi connectivity index (χ1v) is 11.2. The van der Waals surface area contributed by atoms with E-state index in [1.165, 1.54) is 34.5 Å². The Morgan fingerprint density at radius 2 is 1.97 bits per heavy atom. The number of nitrogens with one attached hydrogen (secondary N) is 2. The van der Waals surface area contributed by atoms with Gasteiger partial charge in [-0.1, -0.05) is 6.07 Å². The second-order valence-corrected chi connectivity index (χ2v) is 9.61. The smallest absolute Gasteiger partial charge is 0.264 e. The van der Waals surface area contributed by atoms with Crippen LogP contribution in [-0.4, -0.2) is 41.2 Å². The van der Waals surface area contributed by atoms with Gasteiger partial charge >= 0.3 is 0 Å². The number of thiophene rings is 2. The maximum Gasteiger partial charge on any atom is 0.264 e. The fraction of sp³-hybridized carbons (Fsp3) is 0.263. The molecular weight excluding hydrogens is 428 g/mol. The van der Waals surface area contributed by atoms with Crippen molar-refractivity contribution in [2.45, 2.75) is 20.4 Å². The van der Waals surface area contributed by atoms with Crippen molar-refractivity contribution in [3.05, 3.63) is 44.3 Å². The normalized spacial score (nSPS) is 10.6. The van der Waals surface area contributed by atoms with Gasteiger partial charge in [-0.3, -0.25) is 14.4 Å². The first kappa shape index (κ1) is 21.2. The predicted molar refractivity (Wildman–Crippen MR) is 118 cm³/mol. The Kier molecular flexibility index (Phi) is 6.78. The minimum atomic E-state index is -0.296. The lowest BCUT2D eigenvalue weighted by molar-refractivity contribution is -0.119. The Morgan fingerprint density at radius 3 is 2.66 bits per heavy atom. The van der Waals surface area contributed by atoms with E-state index in [9.17, 15) is 14.4 Å². The summed E-state index contributed by atoms with van der Waals surface area (Å²) >= 11 is 4.29. The fourth-order valence-electron chi connectivity index (χ4n) is 2.52. The van der Waals surface area contributed by atoms with Gasteiger partial charge in [-0.05, 0) is 30.5 Å². The van der Waals surface area contributed by atoms with Crippen molar-refractivity contribution >= 4 is 56.9 Å². The van der Waals surface area contributed by atoms with E-state index in [1.807, 2.05) is 24.4 Å². The molecule has 0 aliphatic heterocycles. The molecule has 0 aliphatic rings. The Hall–Kier alpha value is -2.56. The van der Waals surface area contributed by atoms with Crippen molar-refractivity contribution in [1.29, 1.82) is 0 Å². The van der Waals surface area contributed by atoms with Crippen LogP contribution < -0.4 is 10.6 Å². The van der Waals surface area contributed by atoms with Crippen LogP contribution in [0.2, 0.25) is 0 Å². The molecule has 0 aliphatic carbocycles. The topological polar surface area (TPSA) is 91.4 Å². The quantitative estimate of drug-likeness (QED) is 0.578. The molecule has 0 radical (unpaired) electrons. The number of aromatic nitrogens is 1. The van der Waals surface area contributed by atoms with Crippen LogP contribution in [0.4, 0.5) is 5.13 Å². The lowest BCUT2D eigenvalue weighted by atomic mass is 10.3. The summed E-state index contributed by atoms with van der Waals surface area (Å²) in [6.45, 7) is 3.86. The largest absolute Gasteiger partial charge is 0.351 e. The monoisotopic (exact) mass is 448 g/mol. The maximum absolute atomic E-state index is 12.3. The van der Waals surface area contributed by atoms with E-state index in [2.05, 4.69) is 15.6 Å². The molecule has 3 rings (SSSR count). The highest BCUT2D eigenvalue weighted by Crippen LogP contribution is 2.34. The van der Waals surface area contributed by atoms with E-state index < -0.39 is 0 Å². The van der Waals surface area contributed by atoms with E-state index in [4.69, 9.17) is 0 Å². The minimum absolute atomic E-state index is 0.0510. The van der Waals surface area contributed by atoms with Crippen molar-refractivity contribution in [3.8, 4) is 10.6 Å². The van der Waals surface area contributed by atoms with Crippen LogP contribution in [0.3, 0.4) is 0 Å². The molecule has 3 aromatic rings. The van der Waals surface area contributed by atoms with Crippen molar-refractivity contribution < 1.29 is 14.4 Å². The molecule has 3 heterocycles. The molecule has 0 saturated heterocycles. The highest BCUT2D eigenvalue weighted by atomic mass is 32.1. The molecule has 0 atom stereocenters. The van der Waals surface area contributed by atoms with Gasteiger partial charge in [-0.25, -0.2) is 4.98 Å². The van der Waals surface area contributed by atoms with Crippen LogP contribution in [0.15, 0.2) is 29.6 Å². The van der Waals surface area contributed by atoms with Crippen LogP contribution in [-0.2, 0) is 16.1 Å². The molecule has 29 heavy (non-hydrogen) atoms. The summed E-state index contributed by atoms with van der Waals surface area (Å²) in [5.41, 5.74) is 0.812. The van der Waals surface area contributed by atoms with Gasteiger partial charge in [0.15, 0.2) is 5.13 Å². The van der Waals surface area contributed by atoms with Crippen LogP contribution in [0.1, 0.15) is 26.3 Å². The van der Waals surface area contributed by atoms with Gasteiger partial charge in [0.1, 0.15) is 0 Å². The molecule has 3 amide bonds. The Balaban J connectivity index is 1.62. The molecule has 0 saturated carbocycles. The summed E-state index contributed by atoms with van der Waals surface area (Å²) < 4.78 is 0. The Morgan fingerprint density at radius 1 is 1.17 bits per heavy atom. The number of carbonyl (C=O) groups is 3. The van der Waals surface area contributed by atoms with Crippen LogP contribution in [0, 0.1) is 6.92 Å². The van der Waals surface area contributed by atoms with Crippen molar-refractivity contribution in [2.24, 2.45) is 0 Å². The molecule has 0 aromatic carbocycles. The van der Waals surface area contributed by atoms with E-state index in [0.29, 0.717) is 16.6 Å². The second-order valence-electron chi connectivity index (χ2n) is 6.29. The van der Waals surface area contributed by atoms with E-state index in [1.54, 1.807) is 30.5 Å². The van der Waals surface area contributed by atoms with Gasteiger partial charge < -0.3 is 15.5 Å². The molecular formula is C19H20N4O3S3. The summed E-state index contributed by atoms with van der Waals surface area (Å²) in [6, 6.07) is 7.46. The minimum Gasteiger partial charge on any atom is -0.351 e. The molecule has 7 nitrogen and oxygen atoms in total. The van der Waals surface area contributed by atoms with E-state index >= 15 is 0 Å². The Bertz CT molecular complexity index is 1020. The highest BCUT2D eigenvalue weighted by molar-refractivity contribution is 7.18. The first-order valence-electron chi connectivity index (χ1n) is 8.73. The number of nitrogens with zero attached hydrogens (tertiary/aromatic N) is 2. The van der Waals surface area contributed by atoms with Gasteiger partial charge in [0.25, 0.3) is 5.91 Å². The summed E-state index contributed by atoms with van der Waals surface area (Å²) in [6.07, 6.45) is 0. The maximum atomic E-state index is 12.3. The zero-order chi connectivity index (χ0) is 21.0. The molecule has 152 valence electrons. The van der Waals surface area contributed by atoms with E-state index in [0.717, 1.165) is 20.3 Å². The SMILES string of the molecule is CC(=O)NCc1ccc(-c2nc(NC(=O)CN(C)C(=O)c3cccs3)sc2C)s1. The number of amides is 3. The van der Waals surface area contributed by atoms with Gasteiger partial charge in [0.2, 0.25) is 11.8 Å². The number of carbonyl (C=O) groups excluding carboxylic acids is 3. The lowest BCUT2D eigenvalue weighted by Crippen LogP contribution is -2.34. The number of hydrogen-bond donors (Lipinski definition) is 2. The van der Waals surface area contributed by atoms with Gasteiger partial charge in [-0.15, -0.1) is 34.0 Å². The molecule has 10 heteroatoms. The Labute approximate surface area is 180 Å². The summed E-state index contributed by atoms with van der Waals surface area (Å²) in [7, 11) is 1.60. The number of thiazole rings is 1. The zero-order valence-electron chi connectivity index (χ0n) is 16.1. The third-order valence-corrected chi connectivity index (χ3v) is 6.75. The van der Waals surface area contributed by atoms with Gasteiger partial charge in [-0.2, -0.15) is 0 Å². The first-order chi connectivity index (χ1) is 13.8. The second kappa shape index (κ2) is 9.29. The van der Waals surface area contributed by atoms with Gasteiger partial charge in [0, 0.05) is 23.7 Å². The average Bonchev–Trinajstić information content (AvgIpc) is 3.40. The fourth-order valence-corrected chi connectivity index (χ4v) is 5.15. The summed E-state index contributed by atoms with van der Waals surface area (Å²) in [5, 5.41) is 7.87. The third kappa shape index (κ3) is 5.49. The number of likely N-dealkylation sites (N-methyl/N-ethyl adjacent to an activating group) is 1. The van der Waals surface area contributed by atoms with Crippen LogP contribution in [0.5, 0.6) is 0 Å². The molecule has 0 spiro atoms. The molecule has 2 N–H and O–H groups in total. The van der Waals surface area contributed by atoms with Crippen molar-refractivity contribution in [1.82, 2.24) is 15.2 Å². The van der Waals surface area contributed by atoms with Crippen LogP contribution in [0.25, 0.3) is 10.6 Å². The standard InChI is InChI=1S/C19H20N4O3S3/c1-11-17(14-7-6-13(29-14)9-20-12(2)24)22-19(28-11)21-16(25)10-23(3)18(26)15-5-4-8-27-15/h4-8H,9-10H2,1-3H3,(H,20,24)(H,21,22,25). The third-order valence-electron chi connectivity index (χ3n) is 3.91. The summed E-state index contributed by atoms with van der Waals surface area (Å²) in [4.78, 5) is 45.2. The number of hydrogen-bond acceptors (Lipinski definition) is 7. The van der Waals surface area contributed by atoms with Crippen molar-refractivity contribution in [2.75, 3.05) is 18.9 Å². The number of rotatable bonds is 7. The summed E-state index contributed by atoms with van der Waals surface area (Å²) in [5.74, 6) is -0.552. The molecule has 0 unspecified atom stereocenters. The average molecular weight is 449 g/mol. The van der Waals surface area contributed by atoms with Gasteiger partial charge in [0.05, 0.1) is 28.5 Å². The predicted octanol–water partition coefficient (Wildman–Crippen LogP) is 3.59. The molecule has 3 aromatic heterocycles. The zero-order valence-corrected chi connectivity index (χ0v) is 18.6. The lowest BCUT2D eigenvalue weighted by Gasteiger charge is -2.15. The van der Waals surface area contributed by atoms with Crippen LogP contribution >= 0.6 is 34.0 Å². The van der Waals surface area contributed by atoms with Crippen molar-refractivity contribution in [3.63, 3.8) is 0 Å².